The minimum absolute atomic E-state index is 0.0759. The number of rotatable bonds is 3. The summed E-state index contributed by atoms with van der Waals surface area (Å²) in [6.45, 7) is 1.75. The van der Waals surface area contributed by atoms with Crippen LogP contribution < -0.4 is 15.6 Å². The second kappa shape index (κ2) is 6.73. The zero-order valence-corrected chi connectivity index (χ0v) is 14.2. The summed E-state index contributed by atoms with van der Waals surface area (Å²) in [6, 6.07) is 5.36. The number of H-pyrrole nitrogens is 1. The van der Waals surface area contributed by atoms with E-state index in [0.29, 0.717) is 11.1 Å². The Morgan fingerprint density at radius 3 is 2.78 bits per heavy atom. The molecule has 1 aliphatic rings. The molecule has 1 aliphatic heterocycles. The van der Waals surface area contributed by atoms with Crippen molar-refractivity contribution in [2.24, 2.45) is 0 Å². The molecule has 0 unspecified atom stereocenters. The summed E-state index contributed by atoms with van der Waals surface area (Å²) in [5.74, 6) is 0.661. The first-order valence-corrected chi connectivity index (χ1v) is 8.56. The van der Waals surface area contributed by atoms with E-state index < -0.39 is 17.3 Å². The first kappa shape index (κ1) is 17.6. The first-order chi connectivity index (χ1) is 12.9. The third-order valence-electron chi connectivity index (χ3n) is 4.57. The molecular weight excluding hydrogens is 361 g/mol. The second-order valence-corrected chi connectivity index (χ2v) is 6.50. The highest BCUT2D eigenvalue weighted by Gasteiger charge is 2.37. The fourth-order valence-electron chi connectivity index (χ4n) is 3.30. The van der Waals surface area contributed by atoms with Crippen molar-refractivity contribution in [3.63, 3.8) is 0 Å². The Hall–Kier alpha value is -2.81. The zero-order valence-electron chi connectivity index (χ0n) is 14.2. The summed E-state index contributed by atoms with van der Waals surface area (Å²) in [5, 5.41) is 10.1. The van der Waals surface area contributed by atoms with Gasteiger partial charge in [-0.05, 0) is 37.6 Å². The number of piperidine rings is 1. The lowest BCUT2D eigenvalue weighted by Gasteiger charge is -2.23. The molecule has 1 saturated heterocycles. The van der Waals surface area contributed by atoms with Gasteiger partial charge in [0.15, 0.2) is 0 Å². The van der Waals surface area contributed by atoms with Crippen LogP contribution in [0.2, 0.25) is 0 Å². The van der Waals surface area contributed by atoms with Crippen LogP contribution in [0.1, 0.15) is 18.4 Å². The Labute approximate surface area is 152 Å². The van der Waals surface area contributed by atoms with E-state index >= 15 is 0 Å². The Morgan fingerprint density at radius 2 is 2.04 bits per heavy atom. The van der Waals surface area contributed by atoms with Gasteiger partial charge >= 0.3 is 6.18 Å². The number of aromatic nitrogens is 3. The van der Waals surface area contributed by atoms with Crippen LogP contribution in [-0.2, 0) is 6.18 Å². The average molecular weight is 378 g/mol. The molecule has 142 valence electrons. The van der Waals surface area contributed by atoms with Crippen molar-refractivity contribution in [3.05, 3.63) is 52.7 Å². The summed E-state index contributed by atoms with van der Waals surface area (Å²) in [4.78, 5) is 11.7. The number of benzene rings is 1. The molecule has 4 rings (SSSR count). The number of nitrogens with zero attached hydrogens (tertiary/aromatic N) is 2. The normalized spacial score (nSPS) is 18.0. The van der Waals surface area contributed by atoms with Crippen molar-refractivity contribution in [2.45, 2.75) is 25.1 Å². The number of halogens is 3. The van der Waals surface area contributed by atoms with Gasteiger partial charge in [0.05, 0.1) is 11.9 Å². The highest BCUT2D eigenvalue weighted by Crippen LogP contribution is 2.32. The standard InChI is InChI=1S/C18H17F3N4O2/c19-18(20,21)16-15(8-23-24-17(16)26)25-9-11-3-4-13(6-12(11)10-25)27-14-2-1-5-22-7-14/h3-4,6,8-10,14,22H,1-2,5,7H2,(H,24,26)/t14-/m0/s1. The highest BCUT2D eigenvalue weighted by molar-refractivity contribution is 5.84. The Kier molecular flexibility index (Phi) is 4.39. The van der Waals surface area contributed by atoms with E-state index in [1.54, 1.807) is 18.2 Å². The van der Waals surface area contributed by atoms with Crippen LogP contribution in [0.3, 0.4) is 0 Å². The van der Waals surface area contributed by atoms with Crippen molar-refractivity contribution in [3.8, 4) is 11.4 Å². The van der Waals surface area contributed by atoms with Crippen molar-refractivity contribution in [2.75, 3.05) is 13.1 Å². The molecule has 2 N–H and O–H groups in total. The molecule has 2 aromatic heterocycles. The molecule has 3 heterocycles. The Morgan fingerprint density at radius 1 is 1.22 bits per heavy atom. The maximum absolute atomic E-state index is 13.3. The fraction of sp³-hybridized carbons (Fsp3) is 0.333. The minimum Gasteiger partial charge on any atom is -0.489 e. The average Bonchev–Trinajstić information content (AvgIpc) is 3.04. The van der Waals surface area contributed by atoms with E-state index in [9.17, 15) is 18.0 Å². The lowest BCUT2D eigenvalue weighted by atomic mass is 10.1. The van der Waals surface area contributed by atoms with Gasteiger partial charge < -0.3 is 14.6 Å². The predicted octanol–water partition coefficient (Wildman–Crippen LogP) is 2.86. The molecule has 9 heteroatoms. The lowest BCUT2D eigenvalue weighted by Crippen LogP contribution is -2.37. The van der Waals surface area contributed by atoms with Gasteiger partial charge in [-0.25, -0.2) is 5.10 Å². The van der Waals surface area contributed by atoms with E-state index in [-0.39, 0.29) is 11.8 Å². The molecule has 1 atom stereocenters. The molecule has 0 saturated carbocycles. The Balaban J connectivity index is 1.70. The van der Waals surface area contributed by atoms with E-state index in [2.05, 4.69) is 10.4 Å². The van der Waals surface area contributed by atoms with Gasteiger partial charge in [0.25, 0.3) is 5.56 Å². The summed E-state index contributed by atoms with van der Waals surface area (Å²) in [7, 11) is 0. The topological polar surface area (TPSA) is 71.9 Å². The highest BCUT2D eigenvalue weighted by atomic mass is 19.4. The SMILES string of the molecule is O=c1[nH]ncc(-n2cc3ccc(O[C@H]4CCCNC4)cc3c2)c1C(F)(F)F. The van der Waals surface area contributed by atoms with Crippen LogP contribution in [0, 0.1) is 0 Å². The number of ether oxygens (including phenoxy) is 1. The van der Waals surface area contributed by atoms with Crippen LogP contribution in [0.25, 0.3) is 16.5 Å². The molecule has 0 bridgehead atoms. The summed E-state index contributed by atoms with van der Waals surface area (Å²) >= 11 is 0. The predicted molar refractivity (Wildman–Crippen MR) is 93.2 cm³/mol. The number of aromatic amines is 1. The lowest BCUT2D eigenvalue weighted by molar-refractivity contribution is -0.138. The largest absolute Gasteiger partial charge is 0.489 e. The van der Waals surface area contributed by atoms with Crippen LogP contribution in [0.5, 0.6) is 5.75 Å². The van der Waals surface area contributed by atoms with Crippen LogP contribution in [-0.4, -0.2) is 34.0 Å². The van der Waals surface area contributed by atoms with Crippen molar-refractivity contribution in [1.29, 1.82) is 0 Å². The molecule has 27 heavy (non-hydrogen) atoms. The number of hydrogen-bond acceptors (Lipinski definition) is 4. The third kappa shape index (κ3) is 3.55. The molecule has 0 aliphatic carbocycles. The molecule has 6 nitrogen and oxygen atoms in total. The van der Waals surface area contributed by atoms with Crippen LogP contribution >= 0.6 is 0 Å². The van der Waals surface area contributed by atoms with Crippen LogP contribution in [0.15, 0.2) is 41.6 Å². The number of alkyl halides is 3. The monoisotopic (exact) mass is 378 g/mol. The van der Waals surface area contributed by atoms with Crippen molar-refractivity contribution in [1.82, 2.24) is 20.1 Å². The van der Waals surface area contributed by atoms with E-state index in [4.69, 9.17) is 4.74 Å². The maximum Gasteiger partial charge on any atom is 0.423 e. The summed E-state index contributed by atoms with van der Waals surface area (Å²) in [5.41, 5.74) is -2.87. The van der Waals surface area contributed by atoms with Gasteiger partial charge in [-0.1, -0.05) is 0 Å². The van der Waals surface area contributed by atoms with Gasteiger partial charge in [0, 0.05) is 29.7 Å². The van der Waals surface area contributed by atoms with Gasteiger partial charge in [-0.2, -0.15) is 18.3 Å². The molecule has 0 spiro atoms. The number of fused-ring (bicyclic) bond motifs is 1. The summed E-state index contributed by atoms with van der Waals surface area (Å²) in [6.07, 6.45) is 1.35. The summed E-state index contributed by atoms with van der Waals surface area (Å²) < 4.78 is 47.1. The minimum atomic E-state index is -4.79. The molecule has 0 amide bonds. The fourth-order valence-corrected chi connectivity index (χ4v) is 3.30. The number of nitrogens with one attached hydrogen (secondary N) is 2. The van der Waals surface area contributed by atoms with Gasteiger partial charge in [0.2, 0.25) is 0 Å². The molecule has 3 aromatic rings. The van der Waals surface area contributed by atoms with Gasteiger partial charge in [-0.15, -0.1) is 0 Å². The van der Waals surface area contributed by atoms with Crippen LogP contribution in [0.4, 0.5) is 13.2 Å². The smallest absolute Gasteiger partial charge is 0.423 e. The third-order valence-corrected chi connectivity index (χ3v) is 4.57. The quantitative estimate of drug-likeness (QED) is 0.735. The molecule has 0 radical (unpaired) electrons. The molecule has 1 aromatic carbocycles. The second-order valence-electron chi connectivity index (χ2n) is 6.50. The molecule has 1 fully saturated rings. The van der Waals surface area contributed by atoms with Gasteiger partial charge in [0.1, 0.15) is 17.4 Å². The Bertz CT molecular complexity index is 1020. The van der Waals surface area contributed by atoms with E-state index in [0.717, 1.165) is 37.5 Å². The van der Waals surface area contributed by atoms with Crippen molar-refractivity contribution < 1.29 is 17.9 Å². The molecular formula is C18H17F3N4O2. The zero-order chi connectivity index (χ0) is 19.0. The number of hydrogen-bond donors (Lipinski definition) is 2. The first-order valence-electron chi connectivity index (χ1n) is 8.56. The van der Waals surface area contributed by atoms with Crippen molar-refractivity contribution >= 4 is 10.8 Å². The van der Waals surface area contributed by atoms with Gasteiger partial charge in [-0.3, -0.25) is 4.79 Å². The maximum atomic E-state index is 13.3. The van der Waals surface area contributed by atoms with E-state index in [1.165, 1.54) is 17.0 Å². The van der Waals surface area contributed by atoms with E-state index in [1.807, 2.05) is 5.10 Å².